The Bertz CT molecular complexity index is 881. The van der Waals surface area contributed by atoms with Gasteiger partial charge in [0.1, 0.15) is 24.9 Å². The first kappa shape index (κ1) is 20.5. The Balaban J connectivity index is 1.49. The molecule has 2 aromatic carbocycles. The molecule has 7 heteroatoms. The lowest BCUT2D eigenvalue weighted by Gasteiger charge is -2.38. The predicted octanol–water partition coefficient (Wildman–Crippen LogP) is 2.99. The lowest BCUT2D eigenvalue weighted by molar-refractivity contribution is -0.299. The average Bonchev–Trinajstić information content (AvgIpc) is 3.08. The Hall–Kier alpha value is -2.74. The van der Waals surface area contributed by atoms with Crippen LogP contribution >= 0.6 is 0 Å². The molecule has 0 unspecified atom stereocenters. The number of carbonyl (C=O) groups excluding carboxylic acids is 2. The topological polar surface area (TPSA) is 80.3 Å². The van der Waals surface area contributed by atoms with Crippen molar-refractivity contribution in [3.63, 3.8) is 0 Å². The van der Waals surface area contributed by atoms with Crippen molar-refractivity contribution in [3.05, 3.63) is 71.8 Å². The molecule has 4 atom stereocenters. The largest absolute Gasteiger partial charge is 0.459 e. The third-order valence-corrected chi connectivity index (χ3v) is 5.06. The third kappa shape index (κ3) is 4.53. The SMILES string of the molecule is CC1(C)OC[C@@H]2O[C@H](COC(=O)c3ccccc3)[C@H](OC(=O)c3ccccc3)[C@@H]2O1. The number of hydrogen-bond acceptors (Lipinski definition) is 7. The maximum atomic E-state index is 12.7. The van der Waals surface area contributed by atoms with Gasteiger partial charge in [0.15, 0.2) is 11.9 Å². The van der Waals surface area contributed by atoms with Gasteiger partial charge in [-0.15, -0.1) is 0 Å². The van der Waals surface area contributed by atoms with E-state index in [0.717, 1.165) is 0 Å². The van der Waals surface area contributed by atoms with Crippen molar-refractivity contribution >= 4 is 11.9 Å². The molecule has 158 valence electrons. The van der Waals surface area contributed by atoms with Crippen LogP contribution in [0.4, 0.5) is 0 Å². The first-order chi connectivity index (χ1) is 14.4. The molecule has 4 rings (SSSR count). The van der Waals surface area contributed by atoms with Crippen molar-refractivity contribution < 1.29 is 33.3 Å². The van der Waals surface area contributed by atoms with Crippen molar-refractivity contribution in [3.8, 4) is 0 Å². The summed E-state index contributed by atoms with van der Waals surface area (Å²) in [6.45, 7) is 3.81. The molecule has 2 aromatic rings. The van der Waals surface area contributed by atoms with Gasteiger partial charge in [-0.1, -0.05) is 36.4 Å². The molecule has 0 bridgehead atoms. The van der Waals surface area contributed by atoms with E-state index < -0.39 is 42.1 Å². The molecule has 0 saturated carbocycles. The quantitative estimate of drug-likeness (QED) is 0.699. The van der Waals surface area contributed by atoms with Crippen LogP contribution in [0.5, 0.6) is 0 Å². The Morgan fingerprint density at radius 1 is 0.967 bits per heavy atom. The number of benzene rings is 2. The molecule has 0 aromatic heterocycles. The van der Waals surface area contributed by atoms with Crippen LogP contribution in [0.1, 0.15) is 34.6 Å². The zero-order valence-electron chi connectivity index (χ0n) is 16.9. The molecule has 2 fully saturated rings. The van der Waals surface area contributed by atoms with Crippen LogP contribution < -0.4 is 0 Å². The normalized spacial score (nSPS) is 27.1. The zero-order valence-corrected chi connectivity index (χ0v) is 16.9. The van der Waals surface area contributed by atoms with Gasteiger partial charge >= 0.3 is 11.9 Å². The smallest absolute Gasteiger partial charge is 0.338 e. The van der Waals surface area contributed by atoms with E-state index in [1.54, 1.807) is 62.4 Å². The molecule has 0 N–H and O–H groups in total. The molecular formula is C23H24O7. The average molecular weight is 412 g/mol. The Kier molecular flexibility index (Phi) is 5.85. The first-order valence-corrected chi connectivity index (χ1v) is 9.88. The lowest BCUT2D eigenvalue weighted by atomic mass is 10.1. The van der Waals surface area contributed by atoms with Crippen LogP contribution in [0, 0.1) is 0 Å². The van der Waals surface area contributed by atoms with Gasteiger partial charge in [-0.05, 0) is 38.1 Å². The molecule has 0 aliphatic carbocycles. The maximum absolute atomic E-state index is 12.7. The predicted molar refractivity (Wildman–Crippen MR) is 106 cm³/mol. The van der Waals surface area contributed by atoms with Gasteiger partial charge in [-0.3, -0.25) is 0 Å². The molecular weight excluding hydrogens is 388 g/mol. The van der Waals surface area contributed by atoms with Crippen molar-refractivity contribution in [2.45, 2.75) is 44.1 Å². The molecule has 0 radical (unpaired) electrons. The Morgan fingerprint density at radius 3 is 2.20 bits per heavy atom. The van der Waals surface area contributed by atoms with Crippen molar-refractivity contribution in [1.29, 1.82) is 0 Å². The van der Waals surface area contributed by atoms with E-state index in [9.17, 15) is 9.59 Å². The van der Waals surface area contributed by atoms with Crippen LogP contribution in [-0.2, 0) is 23.7 Å². The Labute approximate surface area is 174 Å². The number of hydrogen-bond donors (Lipinski definition) is 0. The van der Waals surface area contributed by atoms with Crippen LogP contribution in [0.3, 0.4) is 0 Å². The summed E-state index contributed by atoms with van der Waals surface area (Å²) < 4.78 is 28.9. The summed E-state index contributed by atoms with van der Waals surface area (Å²) in [6, 6.07) is 17.4. The number of ether oxygens (including phenoxy) is 5. The van der Waals surface area contributed by atoms with Gasteiger partial charge in [0, 0.05) is 0 Å². The third-order valence-electron chi connectivity index (χ3n) is 5.06. The lowest BCUT2D eigenvalue weighted by Crippen LogP contribution is -2.51. The minimum absolute atomic E-state index is 0.0722. The van der Waals surface area contributed by atoms with Crippen LogP contribution in [0.25, 0.3) is 0 Å². The first-order valence-electron chi connectivity index (χ1n) is 9.88. The van der Waals surface area contributed by atoms with Gasteiger partial charge in [0.2, 0.25) is 0 Å². The summed E-state index contributed by atoms with van der Waals surface area (Å²) in [7, 11) is 0. The molecule has 0 amide bonds. The summed E-state index contributed by atoms with van der Waals surface area (Å²) in [5.74, 6) is -1.80. The van der Waals surface area contributed by atoms with E-state index in [1.807, 2.05) is 12.1 Å². The van der Waals surface area contributed by atoms with Crippen molar-refractivity contribution in [2.24, 2.45) is 0 Å². The van der Waals surface area contributed by atoms with E-state index >= 15 is 0 Å². The van der Waals surface area contributed by atoms with Crippen molar-refractivity contribution in [1.82, 2.24) is 0 Å². The van der Waals surface area contributed by atoms with E-state index in [4.69, 9.17) is 23.7 Å². The van der Waals surface area contributed by atoms with Gasteiger partial charge in [0.05, 0.1) is 17.7 Å². The molecule has 2 aliphatic heterocycles. The summed E-state index contributed by atoms with van der Waals surface area (Å²) in [6.07, 6.45) is -2.36. The highest BCUT2D eigenvalue weighted by Gasteiger charge is 2.53. The summed E-state index contributed by atoms with van der Waals surface area (Å²) >= 11 is 0. The number of carbonyl (C=O) groups is 2. The fourth-order valence-electron chi connectivity index (χ4n) is 3.58. The highest BCUT2D eigenvalue weighted by atomic mass is 16.7. The highest BCUT2D eigenvalue weighted by molar-refractivity contribution is 5.90. The fraction of sp³-hybridized carbons (Fsp3) is 0.391. The summed E-state index contributed by atoms with van der Waals surface area (Å²) in [5.41, 5.74) is 0.860. The minimum atomic E-state index is -0.836. The second-order valence-corrected chi connectivity index (χ2v) is 7.71. The van der Waals surface area contributed by atoms with Gasteiger partial charge in [0.25, 0.3) is 0 Å². The van der Waals surface area contributed by atoms with Crippen LogP contribution in [0.15, 0.2) is 60.7 Å². The van der Waals surface area contributed by atoms with E-state index in [-0.39, 0.29) is 6.61 Å². The fourth-order valence-corrected chi connectivity index (χ4v) is 3.58. The Morgan fingerprint density at radius 2 is 1.57 bits per heavy atom. The molecule has 30 heavy (non-hydrogen) atoms. The van der Waals surface area contributed by atoms with E-state index in [0.29, 0.717) is 17.7 Å². The van der Waals surface area contributed by atoms with E-state index in [1.165, 1.54) is 0 Å². The molecule has 7 nitrogen and oxygen atoms in total. The van der Waals surface area contributed by atoms with Gasteiger partial charge in [-0.25, -0.2) is 9.59 Å². The molecule has 2 heterocycles. The molecule has 0 spiro atoms. The van der Waals surface area contributed by atoms with Crippen LogP contribution in [-0.4, -0.2) is 55.4 Å². The minimum Gasteiger partial charge on any atom is -0.459 e. The number of fused-ring (bicyclic) bond motifs is 1. The van der Waals surface area contributed by atoms with Crippen LogP contribution in [0.2, 0.25) is 0 Å². The monoisotopic (exact) mass is 412 g/mol. The number of esters is 2. The standard InChI is InChI=1S/C23H24O7/c1-23(2)27-14-18-20(30-23)19(29-22(25)16-11-7-4-8-12-16)17(28-18)13-26-21(24)15-9-5-3-6-10-15/h3-12,17-20H,13-14H2,1-2H3/t17-,18+,19+,20-/m1/s1. The van der Waals surface area contributed by atoms with Gasteiger partial charge in [-0.2, -0.15) is 0 Å². The molecule has 2 saturated heterocycles. The second-order valence-electron chi connectivity index (χ2n) is 7.71. The zero-order chi connectivity index (χ0) is 21.1. The second kappa shape index (κ2) is 8.55. The summed E-state index contributed by atoms with van der Waals surface area (Å²) in [4.78, 5) is 25.0. The maximum Gasteiger partial charge on any atom is 0.338 e. The summed E-state index contributed by atoms with van der Waals surface area (Å²) in [5, 5.41) is 0. The number of rotatable bonds is 5. The van der Waals surface area contributed by atoms with E-state index in [2.05, 4.69) is 0 Å². The molecule has 2 aliphatic rings. The van der Waals surface area contributed by atoms with Gasteiger partial charge < -0.3 is 23.7 Å². The van der Waals surface area contributed by atoms with Crippen molar-refractivity contribution in [2.75, 3.05) is 13.2 Å². The highest BCUT2D eigenvalue weighted by Crippen LogP contribution is 2.35.